The quantitative estimate of drug-likeness (QED) is 0.333. The van der Waals surface area contributed by atoms with Crippen molar-refractivity contribution in [3.05, 3.63) is 59.9 Å². The molecular formula is C27H31FN6O6. The van der Waals surface area contributed by atoms with Crippen LogP contribution in [0.3, 0.4) is 0 Å². The first-order chi connectivity index (χ1) is 19.4. The molecule has 1 saturated heterocycles. The topological polar surface area (TPSA) is 138 Å². The van der Waals surface area contributed by atoms with Crippen molar-refractivity contribution in [2.24, 2.45) is 0 Å². The molecule has 13 heteroatoms. The number of aromatic nitrogens is 4. The van der Waals surface area contributed by atoms with Crippen molar-refractivity contribution in [3.8, 4) is 17.1 Å². The van der Waals surface area contributed by atoms with Crippen molar-refractivity contribution in [2.75, 3.05) is 33.4 Å². The standard InChI is InChI=1S/C27H31FN6O6/c1-3-39-24(36)17-33(23(35)16-34-31-26(30-32-34)19-8-12-21(38-2)13-9-19)25(18-6-10-20(28)11-7-18)27(37)29-15-22-5-4-14-40-22/h6-13,22,25H,3-5,14-17H2,1-2H3,(H,29,37)/t22-,25-/m0/s1. The summed E-state index contributed by atoms with van der Waals surface area (Å²) in [6, 6.07) is 10.9. The van der Waals surface area contributed by atoms with E-state index in [-0.39, 0.29) is 25.1 Å². The fraction of sp³-hybridized carbons (Fsp3) is 0.407. The van der Waals surface area contributed by atoms with Gasteiger partial charge in [-0.2, -0.15) is 4.80 Å². The van der Waals surface area contributed by atoms with Crippen molar-refractivity contribution >= 4 is 17.8 Å². The third-order valence-electron chi connectivity index (χ3n) is 6.28. The molecule has 0 unspecified atom stereocenters. The first-order valence-corrected chi connectivity index (χ1v) is 12.9. The van der Waals surface area contributed by atoms with Gasteiger partial charge in [0, 0.05) is 18.7 Å². The van der Waals surface area contributed by atoms with Gasteiger partial charge in [0.2, 0.25) is 17.6 Å². The summed E-state index contributed by atoms with van der Waals surface area (Å²) in [4.78, 5) is 41.8. The van der Waals surface area contributed by atoms with E-state index >= 15 is 0 Å². The van der Waals surface area contributed by atoms with Gasteiger partial charge >= 0.3 is 5.97 Å². The molecule has 1 aliphatic rings. The molecule has 4 rings (SSSR count). The molecule has 0 aliphatic carbocycles. The van der Waals surface area contributed by atoms with E-state index in [0.717, 1.165) is 22.5 Å². The SMILES string of the molecule is CCOC(=O)CN(C(=O)Cn1nnc(-c2ccc(OC)cc2)n1)[C@H](C(=O)NC[C@@H]1CCCO1)c1ccc(F)cc1. The van der Waals surface area contributed by atoms with Crippen molar-refractivity contribution in [1.29, 1.82) is 0 Å². The van der Waals surface area contributed by atoms with Gasteiger partial charge in [-0.3, -0.25) is 14.4 Å². The van der Waals surface area contributed by atoms with E-state index in [1.54, 1.807) is 38.3 Å². The van der Waals surface area contributed by atoms with Crippen LogP contribution in [0.2, 0.25) is 0 Å². The summed E-state index contributed by atoms with van der Waals surface area (Å²) in [6.07, 6.45) is 1.53. The number of nitrogens with one attached hydrogen (secondary N) is 1. The molecule has 0 radical (unpaired) electrons. The first kappa shape index (κ1) is 28.6. The molecule has 1 N–H and O–H groups in total. The third-order valence-corrected chi connectivity index (χ3v) is 6.28. The number of halogens is 1. The lowest BCUT2D eigenvalue weighted by Gasteiger charge is -2.30. The number of ether oxygens (including phenoxy) is 3. The fourth-order valence-corrected chi connectivity index (χ4v) is 4.28. The lowest BCUT2D eigenvalue weighted by Crippen LogP contribution is -2.48. The Morgan fingerprint density at radius 3 is 2.58 bits per heavy atom. The maximum Gasteiger partial charge on any atom is 0.325 e. The van der Waals surface area contributed by atoms with Gasteiger partial charge in [0.05, 0.1) is 19.8 Å². The second-order valence-corrected chi connectivity index (χ2v) is 9.03. The number of hydrogen-bond donors (Lipinski definition) is 1. The zero-order valence-electron chi connectivity index (χ0n) is 22.3. The zero-order chi connectivity index (χ0) is 28.5. The average Bonchev–Trinajstić information content (AvgIpc) is 3.65. The minimum atomic E-state index is -1.26. The Morgan fingerprint density at radius 1 is 1.18 bits per heavy atom. The Hall–Kier alpha value is -4.39. The van der Waals surface area contributed by atoms with E-state index in [1.165, 1.54) is 24.3 Å². The Balaban J connectivity index is 1.59. The van der Waals surface area contributed by atoms with Crippen LogP contribution in [0, 0.1) is 5.82 Å². The van der Waals surface area contributed by atoms with Gasteiger partial charge in [0.25, 0.3) is 0 Å². The zero-order valence-corrected chi connectivity index (χ0v) is 22.3. The van der Waals surface area contributed by atoms with Gasteiger partial charge in [-0.15, -0.1) is 10.2 Å². The lowest BCUT2D eigenvalue weighted by atomic mass is 10.0. The van der Waals surface area contributed by atoms with Crippen molar-refractivity contribution in [2.45, 2.75) is 38.5 Å². The maximum atomic E-state index is 13.7. The number of tetrazole rings is 1. The molecule has 2 atom stereocenters. The van der Waals surface area contributed by atoms with Gasteiger partial charge in [-0.25, -0.2) is 4.39 Å². The molecule has 3 aromatic rings. The van der Waals surface area contributed by atoms with Crippen LogP contribution in [-0.4, -0.2) is 82.4 Å². The smallest absolute Gasteiger partial charge is 0.325 e. The summed E-state index contributed by atoms with van der Waals surface area (Å²) in [5, 5.41) is 15.1. The third kappa shape index (κ3) is 7.38. The minimum Gasteiger partial charge on any atom is -0.497 e. The Bertz CT molecular complexity index is 1290. The second kappa shape index (κ2) is 13.6. The molecule has 0 bridgehead atoms. The van der Waals surface area contributed by atoms with Crippen LogP contribution in [0.5, 0.6) is 5.75 Å². The summed E-state index contributed by atoms with van der Waals surface area (Å²) in [7, 11) is 1.55. The van der Waals surface area contributed by atoms with Crippen LogP contribution in [-0.2, 0) is 30.4 Å². The first-order valence-electron chi connectivity index (χ1n) is 12.9. The molecule has 1 aromatic heterocycles. The highest BCUT2D eigenvalue weighted by Gasteiger charge is 2.34. The second-order valence-electron chi connectivity index (χ2n) is 9.03. The van der Waals surface area contributed by atoms with Gasteiger partial charge in [-0.05, 0) is 66.9 Å². The molecule has 2 aromatic carbocycles. The molecule has 40 heavy (non-hydrogen) atoms. The highest BCUT2D eigenvalue weighted by Crippen LogP contribution is 2.24. The van der Waals surface area contributed by atoms with Gasteiger partial charge in [0.1, 0.15) is 30.7 Å². The molecule has 12 nitrogen and oxygen atoms in total. The summed E-state index contributed by atoms with van der Waals surface area (Å²) in [6.45, 7) is 1.62. The van der Waals surface area contributed by atoms with Gasteiger partial charge in [-0.1, -0.05) is 12.1 Å². The molecular weight excluding hydrogens is 523 g/mol. The van der Waals surface area contributed by atoms with E-state index < -0.39 is 42.7 Å². The highest BCUT2D eigenvalue weighted by atomic mass is 19.1. The van der Waals surface area contributed by atoms with Crippen molar-refractivity contribution < 1.29 is 33.0 Å². The van der Waals surface area contributed by atoms with E-state index in [4.69, 9.17) is 14.2 Å². The van der Waals surface area contributed by atoms with Crippen LogP contribution < -0.4 is 10.1 Å². The molecule has 1 fully saturated rings. The summed E-state index contributed by atoms with van der Waals surface area (Å²) in [5.41, 5.74) is 0.968. The predicted molar refractivity (Wildman–Crippen MR) is 139 cm³/mol. The molecule has 2 heterocycles. The van der Waals surface area contributed by atoms with Crippen LogP contribution in [0.1, 0.15) is 31.4 Å². The summed E-state index contributed by atoms with van der Waals surface area (Å²) in [5.74, 6) is -1.48. The summed E-state index contributed by atoms with van der Waals surface area (Å²) >= 11 is 0. The number of esters is 1. The minimum absolute atomic E-state index is 0.0865. The summed E-state index contributed by atoms with van der Waals surface area (Å²) < 4.78 is 29.6. The number of amides is 2. The Labute approximate surface area is 230 Å². The molecule has 0 saturated carbocycles. The largest absolute Gasteiger partial charge is 0.497 e. The number of hydrogen-bond acceptors (Lipinski definition) is 9. The van der Waals surface area contributed by atoms with Crippen LogP contribution >= 0.6 is 0 Å². The number of carbonyl (C=O) groups is 3. The van der Waals surface area contributed by atoms with Crippen LogP contribution in [0.15, 0.2) is 48.5 Å². The van der Waals surface area contributed by atoms with E-state index in [1.807, 2.05) is 0 Å². The Kier molecular flexibility index (Phi) is 9.73. The lowest BCUT2D eigenvalue weighted by molar-refractivity contribution is -0.153. The fourth-order valence-electron chi connectivity index (χ4n) is 4.28. The van der Waals surface area contributed by atoms with E-state index in [2.05, 4.69) is 20.7 Å². The maximum absolute atomic E-state index is 13.7. The average molecular weight is 555 g/mol. The number of nitrogens with zero attached hydrogens (tertiary/aromatic N) is 5. The van der Waals surface area contributed by atoms with Crippen molar-refractivity contribution in [3.63, 3.8) is 0 Å². The van der Waals surface area contributed by atoms with Gasteiger partial charge in [0.15, 0.2) is 0 Å². The Morgan fingerprint density at radius 2 is 1.93 bits per heavy atom. The van der Waals surface area contributed by atoms with Gasteiger partial charge < -0.3 is 24.4 Å². The van der Waals surface area contributed by atoms with E-state index in [0.29, 0.717) is 23.5 Å². The number of carbonyl (C=O) groups excluding carboxylic acids is 3. The molecule has 1 aliphatic heterocycles. The number of rotatable bonds is 12. The molecule has 0 spiro atoms. The number of benzene rings is 2. The monoisotopic (exact) mass is 554 g/mol. The number of methoxy groups -OCH3 is 1. The van der Waals surface area contributed by atoms with Crippen LogP contribution in [0.25, 0.3) is 11.4 Å². The predicted octanol–water partition coefficient (Wildman–Crippen LogP) is 1.92. The van der Waals surface area contributed by atoms with E-state index in [9.17, 15) is 18.8 Å². The van der Waals surface area contributed by atoms with Crippen LogP contribution in [0.4, 0.5) is 4.39 Å². The van der Waals surface area contributed by atoms with Crippen molar-refractivity contribution in [1.82, 2.24) is 30.4 Å². The molecule has 2 amide bonds. The highest BCUT2D eigenvalue weighted by molar-refractivity contribution is 5.90. The molecule has 212 valence electrons. The normalized spacial score (nSPS) is 15.3.